The van der Waals surface area contributed by atoms with Crippen LogP contribution in [-0.4, -0.2) is 36.5 Å². The van der Waals surface area contributed by atoms with E-state index in [0.717, 1.165) is 17.7 Å². The number of benzene rings is 3. The molecule has 3 rings (SSSR count). The zero-order valence-corrected chi connectivity index (χ0v) is 21.4. The second-order valence-corrected chi connectivity index (χ2v) is 9.93. The van der Waals surface area contributed by atoms with E-state index in [1.54, 1.807) is 18.2 Å². The van der Waals surface area contributed by atoms with Crippen molar-refractivity contribution in [2.24, 2.45) is 0 Å². The van der Waals surface area contributed by atoms with Crippen LogP contribution in [0.4, 0.5) is 36.4 Å². The van der Waals surface area contributed by atoms with Crippen LogP contribution >= 0.6 is 0 Å². The molecule has 1 atom stereocenters. The lowest BCUT2D eigenvalue weighted by atomic mass is 9.87. The van der Waals surface area contributed by atoms with E-state index in [2.05, 4.69) is 4.74 Å². The number of hydrogen-bond acceptors (Lipinski definition) is 4. The van der Waals surface area contributed by atoms with E-state index in [1.165, 1.54) is 29.2 Å². The molecule has 0 saturated carbocycles. The molecule has 3 aromatic carbocycles. The molecule has 0 fully saturated rings. The lowest BCUT2D eigenvalue weighted by Gasteiger charge is -2.29. The highest BCUT2D eigenvalue weighted by Crippen LogP contribution is 2.33. The third kappa shape index (κ3) is 8.51. The molecular formula is C28H28F7NO3. The van der Waals surface area contributed by atoms with Gasteiger partial charge < -0.3 is 19.5 Å². The Morgan fingerprint density at radius 3 is 2.00 bits per heavy atom. The summed E-state index contributed by atoms with van der Waals surface area (Å²) in [5, 5.41) is 9.77. The Bertz CT molecular complexity index is 1240. The van der Waals surface area contributed by atoms with Gasteiger partial charge in [0.25, 0.3) is 0 Å². The zero-order chi connectivity index (χ0) is 29.0. The quantitative estimate of drug-likeness (QED) is 0.256. The second-order valence-electron chi connectivity index (χ2n) is 9.93. The summed E-state index contributed by atoms with van der Waals surface area (Å²) in [6.07, 6.45) is -16.5. The Kier molecular flexibility index (Phi) is 9.05. The molecule has 0 unspecified atom stereocenters. The van der Waals surface area contributed by atoms with E-state index in [1.807, 2.05) is 39.0 Å². The molecule has 0 aliphatic rings. The predicted octanol–water partition coefficient (Wildman–Crippen LogP) is 7.94. The van der Waals surface area contributed by atoms with Gasteiger partial charge in [0.05, 0.1) is 6.54 Å². The van der Waals surface area contributed by atoms with E-state index < -0.39 is 37.1 Å². The molecule has 0 spiro atoms. The van der Waals surface area contributed by atoms with Gasteiger partial charge in [-0.15, -0.1) is 0 Å². The van der Waals surface area contributed by atoms with Crippen molar-refractivity contribution in [3.63, 3.8) is 0 Å². The van der Waals surface area contributed by atoms with Crippen LogP contribution < -0.4 is 14.4 Å². The standard InChI is InChI=1S/C28H28F7NO3/c1-26(2,3)19-8-5-10-21(14-19)38-22-11-6-9-20(15-22)36(17-24(37)27(31,32)33)16-18-7-4-12-23(13-18)39-28(34,35)25(29)30/h4-15,24-25,37H,16-17H2,1-3H3/t24-/m1/s1. The highest BCUT2D eigenvalue weighted by atomic mass is 19.4. The van der Waals surface area contributed by atoms with Crippen molar-refractivity contribution in [1.29, 1.82) is 0 Å². The van der Waals surface area contributed by atoms with Crippen molar-refractivity contribution in [2.45, 2.75) is 57.5 Å². The first-order chi connectivity index (χ1) is 18.0. The molecule has 0 aromatic heterocycles. The third-order valence-corrected chi connectivity index (χ3v) is 5.67. The van der Waals surface area contributed by atoms with Gasteiger partial charge in [-0.3, -0.25) is 0 Å². The fourth-order valence-corrected chi connectivity index (χ4v) is 3.61. The van der Waals surface area contributed by atoms with Crippen LogP contribution in [0, 0.1) is 0 Å². The molecule has 3 aromatic rings. The van der Waals surface area contributed by atoms with Crippen molar-refractivity contribution < 1.29 is 45.3 Å². The molecule has 0 saturated heterocycles. The van der Waals surface area contributed by atoms with Crippen LogP contribution in [0.3, 0.4) is 0 Å². The fourth-order valence-electron chi connectivity index (χ4n) is 3.61. The number of rotatable bonds is 10. The smallest absolute Gasteiger partial charge is 0.457 e. The number of ether oxygens (including phenoxy) is 2. The normalized spacial score (nSPS) is 13.3. The van der Waals surface area contributed by atoms with Crippen molar-refractivity contribution >= 4 is 5.69 Å². The fraction of sp³-hybridized carbons (Fsp3) is 0.357. The number of alkyl halides is 7. The van der Waals surface area contributed by atoms with Crippen LogP contribution in [0.5, 0.6) is 17.2 Å². The van der Waals surface area contributed by atoms with E-state index in [9.17, 15) is 35.8 Å². The number of aliphatic hydroxyl groups is 1. The molecular weight excluding hydrogens is 531 g/mol. The van der Waals surface area contributed by atoms with E-state index >= 15 is 0 Å². The maximum atomic E-state index is 13.4. The molecule has 4 nitrogen and oxygen atoms in total. The average Bonchev–Trinajstić information content (AvgIpc) is 2.82. The lowest BCUT2D eigenvalue weighted by Crippen LogP contribution is -2.40. The highest BCUT2D eigenvalue weighted by Gasteiger charge is 2.44. The van der Waals surface area contributed by atoms with Crippen molar-refractivity contribution in [2.75, 3.05) is 11.4 Å². The van der Waals surface area contributed by atoms with Gasteiger partial charge in [-0.2, -0.15) is 30.7 Å². The Labute approximate surface area is 221 Å². The number of nitrogens with zero attached hydrogens (tertiary/aromatic N) is 1. The summed E-state index contributed by atoms with van der Waals surface area (Å²) in [7, 11) is 0. The molecule has 39 heavy (non-hydrogen) atoms. The van der Waals surface area contributed by atoms with Crippen molar-refractivity contribution in [1.82, 2.24) is 0 Å². The number of hydrogen-bond donors (Lipinski definition) is 1. The van der Waals surface area contributed by atoms with Gasteiger partial charge in [0, 0.05) is 18.3 Å². The second kappa shape index (κ2) is 11.7. The zero-order valence-electron chi connectivity index (χ0n) is 21.4. The minimum absolute atomic E-state index is 0.150. The highest BCUT2D eigenvalue weighted by molar-refractivity contribution is 5.52. The summed E-state index contributed by atoms with van der Waals surface area (Å²) in [5.41, 5.74) is 1.26. The Balaban J connectivity index is 1.90. The number of halogens is 7. The summed E-state index contributed by atoms with van der Waals surface area (Å²) in [5.74, 6) is 0.218. The van der Waals surface area contributed by atoms with Crippen LogP contribution in [-0.2, 0) is 12.0 Å². The van der Waals surface area contributed by atoms with Crippen LogP contribution in [0.1, 0.15) is 31.9 Å². The van der Waals surface area contributed by atoms with Gasteiger partial charge >= 0.3 is 18.7 Å². The van der Waals surface area contributed by atoms with Gasteiger partial charge in [0.15, 0.2) is 6.10 Å². The molecule has 0 aliphatic heterocycles. The van der Waals surface area contributed by atoms with E-state index in [0.29, 0.717) is 11.5 Å². The first-order valence-corrected chi connectivity index (χ1v) is 11.9. The Morgan fingerprint density at radius 2 is 1.38 bits per heavy atom. The van der Waals surface area contributed by atoms with Gasteiger partial charge in [-0.1, -0.05) is 51.1 Å². The predicted molar refractivity (Wildman–Crippen MR) is 133 cm³/mol. The molecule has 0 aliphatic carbocycles. The maximum absolute atomic E-state index is 13.4. The lowest BCUT2D eigenvalue weighted by molar-refractivity contribution is -0.253. The molecule has 0 amide bonds. The molecule has 11 heteroatoms. The summed E-state index contributed by atoms with van der Waals surface area (Å²) in [6.45, 7) is 4.90. The van der Waals surface area contributed by atoms with E-state index in [-0.39, 0.29) is 23.2 Å². The van der Waals surface area contributed by atoms with Crippen LogP contribution in [0.25, 0.3) is 0 Å². The maximum Gasteiger partial charge on any atom is 0.461 e. The van der Waals surface area contributed by atoms with Crippen molar-refractivity contribution in [3.05, 3.63) is 83.9 Å². The number of aliphatic hydroxyl groups excluding tert-OH is 1. The van der Waals surface area contributed by atoms with Gasteiger partial charge in [-0.25, -0.2) is 0 Å². The van der Waals surface area contributed by atoms with E-state index in [4.69, 9.17) is 4.74 Å². The topological polar surface area (TPSA) is 41.9 Å². The average molecular weight is 560 g/mol. The largest absolute Gasteiger partial charge is 0.461 e. The van der Waals surface area contributed by atoms with Crippen LogP contribution in [0.15, 0.2) is 72.8 Å². The Morgan fingerprint density at radius 1 is 0.795 bits per heavy atom. The summed E-state index contributed by atoms with van der Waals surface area (Å²) >= 11 is 0. The van der Waals surface area contributed by atoms with Gasteiger partial charge in [0.2, 0.25) is 0 Å². The summed E-state index contributed by atoms with van der Waals surface area (Å²) in [4.78, 5) is 1.17. The summed E-state index contributed by atoms with van der Waals surface area (Å²) < 4.78 is 101. The first-order valence-electron chi connectivity index (χ1n) is 11.9. The first kappa shape index (κ1) is 30.1. The summed E-state index contributed by atoms with van der Waals surface area (Å²) in [6, 6.07) is 18.1. The van der Waals surface area contributed by atoms with Crippen LogP contribution in [0.2, 0.25) is 0 Å². The van der Waals surface area contributed by atoms with Gasteiger partial charge in [-0.05, 0) is 52.9 Å². The third-order valence-electron chi connectivity index (χ3n) is 5.67. The Hall–Kier alpha value is -3.47. The SMILES string of the molecule is CC(C)(C)c1cccc(Oc2cccc(N(Cc3cccc(OC(F)(F)C(F)F)c3)C[C@@H](O)C(F)(F)F)c2)c1. The molecule has 1 N–H and O–H groups in total. The van der Waals surface area contributed by atoms with Crippen molar-refractivity contribution in [3.8, 4) is 17.2 Å². The minimum Gasteiger partial charge on any atom is -0.457 e. The molecule has 0 bridgehead atoms. The molecule has 0 radical (unpaired) electrons. The minimum atomic E-state index is -4.93. The number of anilines is 1. The monoisotopic (exact) mass is 559 g/mol. The molecule has 0 heterocycles. The van der Waals surface area contributed by atoms with Gasteiger partial charge in [0.1, 0.15) is 17.2 Å². The molecule has 212 valence electrons.